The summed E-state index contributed by atoms with van der Waals surface area (Å²) in [6.07, 6.45) is 6.50. The number of aliphatic hydroxyl groups is 4. The van der Waals surface area contributed by atoms with Crippen LogP contribution in [0.3, 0.4) is 0 Å². The maximum Gasteiger partial charge on any atom is 0.0991 e. The first-order valence-electron chi connectivity index (χ1n) is 14.4. The number of hydrogen-bond acceptors (Lipinski definition) is 5. The Balaban J connectivity index is 1.52. The number of hydrogen-bond donors (Lipinski definition) is 4. The van der Waals surface area contributed by atoms with Crippen LogP contribution in [0.5, 0.6) is 0 Å². The molecule has 5 heteroatoms. The van der Waals surface area contributed by atoms with Crippen molar-refractivity contribution in [2.75, 3.05) is 0 Å². The third kappa shape index (κ3) is 3.17. The molecular formula is C30H52O5. The van der Waals surface area contributed by atoms with Gasteiger partial charge in [0.05, 0.1) is 35.1 Å². The molecular weight excluding hydrogens is 440 g/mol. The zero-order chi connectivity index (χ0) is 26.0. The van der Waals surface area contributed by atoms with E-state index in [1.165, 1.54) is 0 Å². The highest BCUT2D eigenvalue weighted by Crippen LogP contribution is 2.76. The van der Waals surface area contributed by atoms with Gasteiger partial charge in [-0.25, -0.2) is 0 Å². The van der Waals surface area contributed by atoms with Crippen molar-refractivity contribution in [3.8, 4) is 0 Å². The van der Waals surface area contributed by atoms with E-state index in [1.807, 2.05) is 6.92 Å². The molecule has 4 aliphatic carbocycles. The van der Waals surface area contributed by atoms with Crippen molar-refractivity contribution in [1.82, 2.24) is 0 Å². The minimum absolute atomic E-state index is 0.00954. The van der Waals surface area contributed by atoms with Crippen LogP contribution in [0.15, 0.2) is 0 Å². The Kier molecular flexibility index (Phi) is 5.63. The van der Waals surface area contributed by atoms with Gasteiger partial charge in [0.1, 0.15) is 0 Å². The Morgan fingerprint density at radius 3 is 2.03 bits per heavy atom. The second kappa shape index (κ2) is 7.46. The number of aliphatic hydroxyl groups excluding tert-OH is 2. The van der Waals surface area contributed by atoms with Gasteiger partial charge in [-0.1, -0.05) is 34.6 Å². The van der Waals surface area contributed by atoms with E-state index in [9.17, 15) is 20.4 Å². The third-order valence-corrected chi connectivity index (χ3v) is 13.4. The third-order valence-electron chi connectivity index (χ3n) is 13.4. The number of rotatable bonds is 2. The highest BCUT2D eigenvalue weighted by Gasteiger charge is 2.75. The molecule has 0 aromatic heterocycles. The Hall–Kier alpha value is -0.200. The first-order chi connectivity index (χ1) is 15.9. The first kappa shape index (κ1) is 26.4. The van der Waals surface area contributed by atoms with Gasteiger partial charge >= 0.3 is 0 Å². The molecule has 0 amide bonds. The molecule has 5 rings (SSSR count). The molecule has 0 unspecified atom stereocenters. The van der Waals surface area contributed by atoms with Gasteiger partial charge in [0.15, 0.2) is 0 Å². The van der Waals surface area contributed by atoms with Crippen molar-refractivity contribution in [3.63, 3.8) is 0 Å². The standard InChI is InChI=1S/C30H52O5/c1-24(2)19-9-13-27(6)20(26(19,5)12-10-21(24)32)17-18(31)23-28(27,7)15-16-30(23,34)29(8)14-11-22(35-29)25(3,4)33/h18-23,31-34H,9-17H2,1-8H3/t18-,19+,20-,21-,22-,23+,26+,27-,28-,29+,30-/m1/s1. The van der Waals surface area contributed by atoms with Crippen LogP contribution in [0, 0.1) is 39.4 Å². The fourth-order valence-corrected chi connectivity index (χ4v) is 11.1. The quantitative estimate of drug-likeness (QED) is 0.443. The van der Waals surface area contributed by atoms with Crippen LogP contribution < -0.4 is 0 Å². The largest absolute Gasteiger partial charge is 0.393 e. The van der Waals surface area contributed by atoms with E-state index in [2.05, 4.69) is 34.6 Å². The van der Waals surface area contributed by atoms with Crippen molar-refractivity contribution >= 4 is 0 Å². The lowest BCUT2D eigenvalue weighted by Gasteiger charge is -2.71. The maximum absolute atomic E-state index is 12.5. The molecule has 0 aromatic rings. The topological polar surface area (TPSA) is 90.2 Å². The summed E-state index contributed by atoms with van der Waals surface area (Å²) in [4.78, 5) is 0. The van der Waals surface area contributed by atoms with Gasteiger partial charge in [-0.05, 0) is 112 Å². The van der Waals surface area contributed by atoms with E-state index >= 15 is 0 Å². The zero-order valence-corrected chi connectivity index (χ0v) is 23.5. The van der Waals surface area contributed by atoms with Crippen LogP contribution in [-0.4, -0.2) is 55.5 Å². The van der Waals surface area contributed by atoms with E-state index in [0.717, 1.165) is 38.5 Å². The van der Waals surface area contributed by atoms with Gasteiger partial charge < -0.3 is 25.2 Å². The van der Waals surface area contributed by atoms with Crippen molar-refractivity contribution in [3.05, 3.63) is 0 Å². The molecule has 0 bridgehead atoms. The second-order valence-corrected chi connectivity index (χ2v) is 15.6. The molecule has 1 saturated heterocycles. The van der Waals surface area contributed by atoms with Crippen molar-refractivity contribution < 1.29 is 25.2 Å². The van der Waals surface area contributed by atoms with Crippen molar-refractivity contribution in [2.24, 2.45) is 39.4 Å². The SMILES string of the molecule is CC(C)(O)[C@H]1CC[C@@](C)([C@@]2(O)CC[C@]3(C)[C@@H]2[C@H](O)C[C@@H]2[C@@]4(C)CC[C@@H](O)C(C)(C)[C@@H]4CC[C@]23C)O1. The molecule has 0 radical (unpaired) electrons. The molecule has 11 atom stereocenters. The Bertz CT molecular complexity index is 865. The monoisotopic (exact) mass is 492 g/mol. The molecule has 5 nitrogen and oxygen atoms in total. The summed E-state index contributed by atoms with van der Waals surface area (Å²) in [6, 6.07) is 0. The molecule has 1 aliphatic heterocycles. The summed E-state index contributed by atoms with van der Waals surface area (Å²) in [5.41, 5.74) is -3.08. The fourth-order valence-electron chi connectivity index (χ4n) is 11.1. The van der Waals surface area contributed by atoms with Crippen LogP contribution in [-0.2, 0) is 4.74 Å². The normalized spacial score (nSPS) is 57.9. The predicted molar refractivity (Wildman–Crippen MR) is 137 cm³/mol. The highest BCUT2D eigenvalue weighted by molar-refractivity contribution is 5.25. The lowest BCUT2D eigenvalue weighted by atomic mass is 9.35. The first-order valence-corrected chi connectivity index (χ1v) is 14.4. The molecule has 5 aliphatic rings. The van der Waals surface area contributed by atoms with Crippen LogP contribution in [0.2, 0.25) is 0 Å². The lowest BCUT2D eigenvalue weighted by Crippen LogP contribution is -2.69. The zero-order valence-electron chi connectivity index (χ0n) is 23.5. The molecule has 202 valence electrons. The van der Waals surface area contributed by atoms with E-state index in [1.54, 1.807) is 13.8 Å². The number of ether oxygens (including phenoxy) is 1. The number of fused-ring (bicyclic) bond motifs is 5. The molecule has 1 heterocycles. The summed E-state index contributed by atoms with van der Waals surface area (Å²) >= 11 is 0. The van der Waals surface area contributed by atoms with Gasteiger partial charge in [-0.2, -0.15) is 0 Å². The summed E-state index contributed by atoms with van der Waals surface area (Å²) in [5.74, 6) is 0.553. The van der Waals surface area contributed by atoms with Gasteiger partial charge in [-0.15, -0.1) is 0 Å². The van der Waals surface area contributed by atoms with Crippen molar-refractivity contribution in [1.29, 1.82) is 0 Å². The van der Waals surface area contributed by atoms with Gasteiger partial charge in [0.2, 0.25) is 0 Å². The highest BCUT2D eigenvalue weighted by atomic mass is 16.5. The van der Waals surface area contributed by atoms with Crippen LogP contribution in [0.4, 0.5) is 0 Å². The minimum Gasteiger partial charge on any atom is -0.393 e. The average molecular weight is 493 g/mol. The molecule has 5 fully saturated rings. The van der Waals surface area contributed by atoms with E-state index in [-0.39, 0.29) is 39.8 Å². The molecule has 0 aromatic carbocycles. The molecule has 4 N–H and O–H groups in total. The summed E-state index contributed by atoms with van der Waals surface area (Å²) in [5, 5.41) is 45.9. The smallest absolute Gasteiger partial charge is 0.0991 e. The summed E-state index contributed by atoms with van der Waals surface area (Å²) in [7, 11) is 0. The van der Waals surface area contributed by atoms with Gasteiger partial charge in [-0.3, -0.25) is 0 Å². The van der Waals surface area contributed by atoms with Crippen LogP contribution in [0.1, 0.15) is 113 Å². The molecule has 0 spiro atoms. The maximum atomic E-state index is 12.5. The second-order valence-electron chi connectivity index (χ2n) is 15.6. The Morgan fingerprint density at radius 1 is 0.771 bits per heavy atom. The summed E-state index contributed by atoms with van der Waals surface area (Å²) in [6.45, 7) is 17.3. The van der Waals surface area contributed by atoms with E-state index in [4.69, 9.17) is 4.74 Å². The Morgan fingerprint density at radius 2 is 1.43 bits per heavy atom. The molecule has 4 saturated carbocycles. The van der Waals surface area contributed by atoms with Gasteiger partial charge in [0, 0.05) is 5.92 Å². The molecule has 35 heavy (non-hydrogen) atoms. The average Bonchev–Trinajstić information content (AvgIpc) is 3.29. The Labute approximate surface area is 213 Å². The minimum atomic E-state index is -1.12. The van der Waals surface area contributed by atoms with Crippen molar-refractivity contribution in [2.45, 2.75) is 148 Å². The summed E-state index contributed by atoms with van der Waals surface area (Å²) < 4.78 is 6.52. The van der Waals surface area contributed by atoms with Crippen LogP contribution in [0.25, 0.3) is 0 Å². The van der Waals surface area contributed by atoms with E-state index in [0.29, 0.717) is 31.1 Å². The van der Waals surface area contributed by atoms with E-state index < -0.39 is 22.9 Å². The lowest BCUT2D eigenvalue weighted by molar-refractivity contribution is -0.277. The fraction of sp³-hybridized carbons (Fsp3) is 1.00. The van der Waals surface area contributed by atoms with Gasteiger partial charge in [0.25, 0.3) is 0 Å². The van der Waals surface area contributed by atoms with Crippen LogP contribution >= 0.6 is 0 Å². The predicted octanol–water partition coefficient (Wildman–Crippen LogP) is 4.83.